The Balaban J connectivity index is 1.64. The van der Waals surface area contributed by atoms with Crippen molar-refractivity contribution in [2.24, 2.45) is 0 Å². The molecular formula is C21H26FN3O5S2. The number of benzene rings is 1. The van der Waals surface area contributed by atoms with Gasteiger partial charge in [0.05, 0.1) is 29.3 Å². The number of anilines is 1. The Kier molecular flexibility index (Phi) is 6.89. The lowest BCUT2D eigenvalue weighted by atomic mass is 10.1. The van der Waals surface area contributed by atoms with Gasteiger partial charge in [-0.2, -0.15) is 0 Å². The molecule has 0 atom stereocenters. The van der Waals surface area contributed by atoms with Crippen LogP contribution < -0.4 is 5.32 Å². The summed E-state index contributed by atoms with van der Waals surface area (Å²) in [6, 6.07) is 3.55. The number of nitrogens with one attached hydrogen (secondary N) is 1. The first-order valence-electron chi connectivity index (χ1n) is 10.2. The average Bonchev–Trinajstić information content (AvgIpc) is 3.09. The van der Waals surface area contributed by atoms with Crippen molar-refractivity contribution in [2.45, 2.75) is 57.6 Å². The van der Waals surface area contributed by atoms with E-state index in [2.05, 4.69) is 10.3 Å². The summed E-state index contributed by atoms with van der Waals surface area (Å²) in [6.45, 7) is 7.71. The minimum Gasteiger partial charge on any atom is -0.444 e. The van der Waals surface area contributed by atoms with Gasteiger partial charge in [-0.25, -0.2) is 22.6 Å². The molecule has 174 valence electrons. The number of rotatable bonds is 5. The Hall–Kier alpha value is -2.53. The number of fused-ring (bicyclic) bond motifs is 1. The molecule has 0 aliphatic carbocycles. The number of carbonyl (C=O) groups excluding carboxylic acids is 2. The summed E-state index contributed by atoms with van der Waals surface area (Å²) in [4.78, 5) is 31.5. The summed E-state index contributed by atoms with van der Waals surface area (Å²) >= 11 is 1.26. The van der Waals surface area contributed by atoms with Gasteiger partial charge in [0.25, 0.3) is 0 Å². The summed E-state index contributed by atoms with van der Waals surface area (Å²) < 4.78 is 43.5. The van der Waals surface area contributed by atoms with Gasteiger partial charge < -0.3 is 15.0 Å². The van der Waals surface area contributed by atoms with Crippen molar-refractivity contribution in [3.8, 4) is 0 Å². The molecule has 11 heteroatoms. The highest BCUT2D eigenvalue weighted by Gasteiger charge is 2.28. The summed E-state index contributed by atoms with van der Waals surface area (Å²) in [5.74, 6) is -1.35. The van der Waals surface area contributed by atoms with E-state index < -0.39 is 33.3 Å². The third kappa shape index (κ3) is 5.83. The molecule has 0 fully saturated rings. The van der Waals surface area contributed by atoms with Crippen molar-refractivity contribution in [2.75, 3.05) is 17.6 Å². The molecule has 3 rings (SSSR count). The van der Waals surface area contributed by atoms with E-state index in [1.807, 2.05) is 0 Å². The smallest absolute Gasteiger partial charge is 0.410 e. The van der Waals surface area contributed by atoms with E-state index in [1.54, 1.807) is 25.7 Å². The second-order valence-electron chi connectivity index (χ2n) is 8.42. The largest absolute Gasteiger partial charge is 0.444 e. The van der Waals surface area contributed by atoms with Crippen molar-refractivity contribution in [3.05, 3.63) is 40.2 Å². The first-order valence-corrected chi connectivity index (χ1v) is 12.6. The van der Waals surface area contributed by atoms with Crippen LogP contribution in [0.25, 0.3) is 0 Å². The molecule has 1 aromatic carbocycles. The molecule has 0 unspecified atom stereocenters. The van der Waals surface area contributed by atoms with E-state index in [9.17, 15) is 22.4 Å². The number of aromatic nitrogens is 1. The number of hydrogen-bond donors (Lipinski definition) is 1. The van der Waals surface area contributed by atoms with Crippen molar-refractivity contribution >= 4 is 38.3 Å². The minimum atomic E-state index is -3.52. The quantitative estimate of drug-likeness (QED) is 0.697. The first-order chi connectivity index (χ1) is 14.9. The van der Waals surface area contributed by atoms with E-state index in [0.717, 1.165) is 16.6 Å². The first kappa shape index (κ1) is 24.1. The number of nitrogens with zero attached hydrogens (tertiary/aromatic N) is 2. The summed E-state index contributed by atoms with van der Waals surface area (Å²) in [6.07, 6.45) is -0.110. The maximum Gasteiger partial charge on any atom is 0.410 e. The molecule has 0 bridgehead atoms. The highest BCUT2D eigenvalue weighted by atomic mass is 32.2. The number of amides is 2. The third-order valence-corrected chi connectivity index (χ3v) is 7.47. The summed E-state index contributed by atoms with van der Waals surface area (Å²) in [5.41, 5.74) is 0.318. The maximum absolute atomic E-state index is 14.3. The second-order valence-corrected chi connectivity index (χ2v) is 11.8. The highest BCUT2D eigenvalue weighted by Crippen LogP contribution is 2.29. The zero-order valence-electron chi connectivity index (χ0n) is 18.4. The number of ether oxygens (including phenoxy) is 1. The molecule has 0 spiro atoms. The van der Waals surface area contributed by atoms with E-state index in [4.69, 9.17) is 4.74 Å². The molecular weight excluding hydrogens is 457 g/mol. The van der Waals surface area contributed by atoms with Crippen LogP contribution in [-0.4, -0.2) is 48.2 Å². The fourth-order valence-electron chi connectivity index (χ4n) is 3.10. The average molecular weight is 484 g/mol. The van der Waals surface area contributed by atoms with Gasteiger partial charge in [-0.05, 0) is 38.5 Å². The SMILES string of the molecule is CCS(=O)(=O)c1ccc(CC(=O)Nc2nc3c(s2)CN(C(=O)OC(C)(C)C)CC3)c(F)c1. The summed E-state index contributed by atoms with van der Waals surface area (Å²) in [7, 11) is -3.52. The molecule has 0 saturated heterocycles. The molecule has 1 N–H and O–H groups in total. The van der Waals surface area contributed by atoms with Crippen LogP contribution in [0, 0.1) is 5.82 Å². The Morgan fingerprint density at radius 2 is 2.03 bits per heavy atom. The highest BCUT2D eigenvalue weighted by molar-refractivity contribution is 7.91. The molecule has 0 saturated carbocycles. The lowest BCUT2D eigenvalue weighted by Gasteiger charge is -2.29. The maximum atomic E-state index is 14.3. The van der Waals surface area contributed by atoms with Gasteiger partial charge in [-0.1, -0.05) is 24.3 Å². The van der Waals surface area contributed by atoms with Gasteiger partial charge in [0.1, 0.15) is 11.4 Å². The van der Waals surface area contributed by atoms with Crippen molar-refractivity contribution in [3.63, 3.8) is 0 Å². The predicted molar refractivity (Wildman–Crippen MR) is 119 cm³/mol. The molecule has 1 aromatic heterocycles. The number of thiazole rings is 1. The van der Waals surface area contributed by atoms with Gasteiger partial charge in [0.15, 0.2) is 15.0 Å². The Morgan fingerprint density at radius 3 is 2.66 bits per heavy atom. The molecule has 1 aliphatic rings. The van der Waals surface area contributed by atoms with Crippen LogP contribution in [-0.2, 0) is 38.8 Å². The van der Waals surface area contributed by atoms with E-state index >= 15 is 0 Å². The molecule has 32 heavy (non-hydrogen) atoms. The van der Waals surface area contributed by atoms with Crippen LogP contribution in [0.15, 0.2) is 23.1 Å². The molecule has 2 amide bonds. The minimum absolute atomic E-state index is 0.0926. The van der Waals surface area contributed by atoms with Gasteiger partial charge in [-0.3, -0.25) is 4.79 Å². The van der Waals surface area contributed by atoms with Gasteiger partial charge in [0, 0.05) is 17.8 Å². The van der Waals surface area contributed by atoms with Crippen LogP contribution in [0.2, 0.25) is 0 Å². The molecule has 0 radical (unpaired) electrons. The monoisotopic (exact) mass is 483 g/mol. The number of halogens is 1. The normalized spacial score (nSPS) is 14.1. The Labute approximate surface area is 190 Å². The predicted octanol–water partition coefficient (Wildman–Crippen LogP) is 3.55. The van der Waals surface area contributed by atoms with Crippen LogP contribution in [0.4, 0.5) is 14.3 Å². The van der Waals surface area contributed by atoms with Crippen molar-refractivity contribution < 1.29 is 27.1 Å². The molecule has 2 aromatic rings. The Morgan fingerprint density at radius 1 is 1.31 bits per heavy atom. The number of carbonyl (C=O) groups is 2. The molecule has 2 heterocycles. The molecule has 8 nitrogen and oxygen atoms in total. The van der Waals surface area contributed by atoms with Crippen LogP contribution in [0.3, 0.4) is 0 Å². The van der Waals surface area contributed by atoms with Crippen LogP contribution in [0.5, 0.6) is 0 Å². The van der Waals surface area contributed by atoms with Gasteiger partial charge in [0.2, 0.25) is 5.91 Å². The van der Waals surface area contributed by atoms with Crippen LogP contribution in [0.1, 0.15) is 43.8 Å². The van der Waals surface area contributed by atoms with Gasteiger partial charge in [-0.15, -0.1) is 0 Å². The fraction of sp³-hybridized carbons (Fsp3) is 0.476. The van der Waals surface area contributed by atoms with E-state index in [1.165, 1.54) is 30.4 Å². The molecule has 1 aliphatic heterocycles. The van der Waals surface area contributed by atoms with Crippen molar-refractivity contribution in [1.29, 1.82) is 0 Å². The topological polar surface area (TPSA) is 106 Å². The third-order valence-electron chi connectivity index (χ3n) is 4.74. The summed E-state index contributed by atoms with van der Waals surface area (Å²) in [5, 5.41) is 3.03. The zero-order chi connectivity index (χ0) is 23.7. The van der Waals surface area contributed by atoms with E-state index in [0.29, 0.717) is 24.6 Å². The fourth-order valence-corrected chi connectivity index (χ4v) is 5.03. The van der Waals surface area contributed by atoms with Crippen LogP contribution >= 0.6 is 11.3 Å². The number of sulfone groups is 1. The lowest BCUT2D eigenvalue weighted by Crippen LogP contribution is -2.39. The van der Waals surface area contributed by atoms with Crippen molar-refractivity contribution in [1.82, 2.24) is 9.88 Å². The van der Waals surface area contributed by atoms with Gasteiger partial charge >= 0.3 is 6.09 Å². The second kappa shape index (κ2) is 9.14. The number of hydrogen-bond acceptors (Lipinski definition) is 7. The standard InChI is InChI=1S/C21H26FN3O5S2/c1-5-32(28,29)14-7-6-13(15(22)11-14)10-18(26)24-19-23-16-8-9-25(12-17(16)31-19)20(27)30-21(2,3)4/h6-7,11H,5,8-10,12H2,1-4H3,(H,23,24,26). The lowest BCUT2D eigenvalue weighted by molar-refractivity contribution is -0.115. The zero-order valence-corrected chi connectivity index (χ0v) is 20.0. The van der Waals surface area contributed by atoms with E-state index in [-0.39, 0.29) is 22.6 Å². The Bertz CT molecular complexity index is 1140.